The number of hydrogen-bond donors (Lipinski definition) is 1. The van der Waals surface area contributed by atoms with Gasteiger partial charge in [0, 0.05) is 56.1 Å². The Balaban J connectivity index is 1.50. The molecule has 1 aromatic carbocycles. The summed E-state index contributed by atoms with van der Waals surface area (Å²) in [4.78, 5) is 7.44. The van der Waals surface area contributed by atoms with E-state index in [4.69, 9.17) is 19.2 Å². The van der Waals surface area contributed by atoms with Gasteiger partial charge in [-0.2, -0.15) is 0 Å². The lowest BCUT2D eigenvalue weighted by atomic mass is 10.0. The molecule has 1 fully saturated rings. The minimum Gasteiger partial charge on any atom is -0.493 e. The van der Waals surface area contributed by atoms with Crippen LogP contribution in [0.5, 0.6) is 11.5 Å². The van der Waals surface area contributed by atoms with Crippen molar-refractivity contribution in [2.24, 2.45) is 5.92 Å². The van der Waals surface area contributed by atoms with Crippen LogP contribution in [0.25, 0.3) is 10.9 Å². The molecule has 1 aliphatic heterocycles. The van der Waals surface area contributed by atoms with E-state index >= 15 is 0 Å². The highest BCUT2D eigenvalue weighted by Crippen LogP contribution is 2.40. The average molecular weight is 414 g/mol. The molecule has 1 aromatic heterocycles. The van der Waals surface area contributed by atoms with Crippen molar-refractivity contribution in [1.29, 1.82) is 0 Å². The molecule has 0 radical (unpaired) electrons. The van der Waals surface area contributed by atoms with E-state index in [0.717, 1.165) is 74.3 Å². The lowest BCUT2D eigenvalue weighted by Gasteiger charge is -2.18. The molecule has 1 N–H and O–H groups in total. The van der Waals surface area contributed by atoms with Crippen LogP contribution in [0.1, 0.15) is 37.9 Å². The van der Waals surface area contributed by atoms with Gasteiger partial charge in [0.25, 0.3) is 0 Å². The largest absolute Gasteiger partial charge is 0.493 e. The zero-order valence-electron chi connectivity index (χ0n) is 18.8. The number of ether oxygens (including phenoxy) is 3. The molecule has 4 rings (SSSR count). The first kappa shape index (κ1) is 21.2. The third-order valence-corrected chi connectivity index (χ3v) is 6.34. The summed E-state index contributed by atoms with van der Waals surface area (Å²) in [5.74, 6) is 2.19. The van der Waals surface area contributed by atoms with Crippen molar-refractivity contribution in [2.75, 3.05) is 52.3 Å². The summed E-state index contributed by atoms with van der Waals surface area (Å²) in [6, 6.07) is 4.14. The quantitative estimate of drug-likeness (QED) is 0.629. The van der Waals surface area contributed by atoms with Crippen LogP contribution in [0.2, 0.25) is 0 Å². The maximum Gasteiger partial charge on any atom is 0.163 e. The Morgan fingerprint density at radius 3 is 2.80 bits per heavy atom. The van der Waals surface area contributed by atoms with Crippen molar-refractivity contribution in [1.82, 2.24) is 9.88 Å². The van der Waals surface area contributed by atoms with Crippen molar-refractivity contribution in [3.05, 3.63) is 23.4 Å². The van der Waals surface area contributed by atoms with Crippen LogP contribution >= 0.6 is 0 Å². The highest BCUT2D eigenvalue weighted by molar-refractivity contribution is 5.96. The molecule has 6 heteroatoms. The lowest BCUT2D eigenvalue weighted by molar-refractivity contribution is 0.107. The standard InChI is InChI=1S/C24H35N3O3/c1-5-25-24-18-11-16(2)12-20(18)26-21-14-23(22(29-4)13-19(21)24)30-10-6-8-27-9-7-17(15-27)28-3/h13-14,16-17H,5-12,15H2,1-4H3,(H,25,26)/t16?,17-/m1/s1. The number of pyridine rings is 1. The van der Waals surface area contributed by atoms with Gasteiger partial charge >= 0.3 is 0 Å². The highest BCUT2D eigenvalue weighted by Gasteiger charge is 2.25. The minimum atomic E-state index is 0.382. The molecular weight excluding hydrogens is 378 g/mol. The van der Waals surface area contributed by atoms with E-state index in [1.54, 1.807) is 14.2 Å². The first-order valence-corrected chi connectivity index (χ1v) is 11.3. The van der Waals surface area contributed by atoms with E-state index in [0.29, 0.717) is 18.6 Å². The Hall–Kier alpha value is -2.05. The number of hydrogen-bond acceptors (Lipinski definition) is 6. The topological polar surface area (TPSA) is 55.9 Å². The van der Waals surface area contributed by atoms with Gasteiger partial charge in [0.2, 0.25) is 0 Å². The summed E-state index contributed by atoms with van der Waals surface area (Å²) in [6.45, 7) is 9.16. The van der Waals surface area contributed by atoms with Crippen molar-refractivity contribution >= 4 is 16.6 Å². The summed E-state index contributed by atoms with van der Waals surface area (Å²) in [6.07, 6.45) is 4.62. The van der Waals surface area contributed by atoms with Crippen LogP contribution in [-0.4, -0.2) is 63.0 Å². The maximum absolute atomic E-state index is 6.15. The predicted molar refractivity (Wildman–Crippen MR) is 121 cm³/mol. The molecule has 0 saturated carbocycles. The summed E-state index contributed by atoms with van der Waals surface area (Å²) in [7, 11) is 3.51. The second-order valence-corrected chi connectivity index (χ2v) is 8.63. The zero-order valence-corrected chi connectivity index (χ0v) is 18.8. The number of rotatable bonds is 9. The number of aromatic nitrogens is 1. The molecule has 0 amide bonds. The SMILES string of the molecule is CCNc1c2c(nc3cc(OCCCN4CC[C@@H](OC)C4)c(OC)cc13)CC(C)C2. The molecule has 1 aliphatic carbocycles. The van der Waals surface area contributed by atoms with Crippen LogP contribution < -0.4 is 14.8 Å². The highest BCUT2D eigenvalue weighted by atomic mass is 16.5. The van der Waals surface area contributed by atoms with Crippen LogP contribution in [0.15, 0.2) is 12.1 Å². The molecule has 0 spiro atoms. The molecule has 1 unspecified atom stereocenters. The Morgan fingerprint density at radius 2 is 2.07 bits per heavy atom. The van der Waals surface area contributed by atoms with Crippen LogP contribution in [0, 0.1) is 5.92 Å². The molecular formula is C24H35N3O3. The molecule has 6 nitrogen and oxygen atoms in total. The number of benzene rings is 1. The van der Waals surface area contributed by atoms with E-state index in [1.807, 2.05) is 0 Å². The number of nitrogens with zero attached hydrogens (tertiary/aromatic N) is 2. The number of fused-ring (bicyclic) bond motifs is 2. The van der Waals surface area contributed by atoms with Gasteiger partial charge in [0.1, 0.15) is 0 Å². The van der Waals surface area contributed by atoms with Crippen LogP contribution in [-0.2, 0) is 17.6 Å². The van der Waals surface area contributed by atoms with Gasteiger partial charge in [0.05, 0.1) is 25.3 Å². The average Bonchev–Trinajstić information content (AvgIpc) is 3.36. The summed E-state index contributed by atoms with van der Waals surface area (Å²) < 4.78 is 17.3. The van der Waals surface area contributed by atoms with Gasteiger partial charge in [-0.05, 0) is 50.2 Å². The van der Waals surface area contributed by atoms with Crippen molar-refractivity contribution in [3.8, 4) is 11.5 Å². The van der Waals surface area contributed by atoms with E-state index in [9.17, 15) is 0 Å². The molecule has 164 valence electrons. The predicted octanol–water partition coefficient (Wildman–Crippen LogP) is 3.90. The third-order valence-electron chi connectivity index (χ3n) is 6.34. The molecule has 0 bridgehead atoms. The monoisotopic (exact) mass is 413 g/mol. The van der Waals surface area contributed by atoms with Crippen LogP contribution in [0.3, 0.4) is 0 Å². The normalized spacial score (nSPS) is 21.2. The molecule has 2 aromatic rings. The zero-order chi connectivity index (χ0) is 21.1. The van der Waals surface area contributed by atoms with Gasteiger partial charge in [-0.25, -0.2) is 0 Å². The van der Waals surface area contributed by atoms with Crippen LogP contribution in [0.4, 0.5) is 5.69 Å². The van der Waals surface area contributed by atoms with E-state index in [-0.39, 0.29) is 0 Å². The van der Waals surface area contributed by atoms with Crippen molar-refractivity contribution in [2.45, 2.75) is 45.6 Å². The fourth-order valence-corrected chi connectivity index (χ4v) is 4.81. The van der Waals surface area contributed by atoms with E-state index in [1.165, 1.54) is 16.9 Å². The van der Waals surface area contributed by atoms with Gasteiger partial charge < -0.3 is 24.4 Å². The minimum absolute atomic E-state index is 0.382. The molecule has 30 heavy (non-hydrogen) atoms. The molecule has 2 aliphatic rings. The van der Waals surface area contributed by atoms with Gasteiger partial charge in [0.15, 0.2) is 11.5 Å². The summed E-state index contributed by atoms with van der Waals surface area (Å²) in [5, 5.41) is 4.70. The molecule has 2 atom stereocenters. The maximum atomic E-state index is 6.15. The first-order chi connectivity index (χ1) is 14.6. The second kappa shape index (κ2) is 9.40. The molecule has 2 heterocycles. The Morgan fingerprint density at radius 1 is 1.20 bits per heavy atom. The van der Waals surface area contributed by atoms with Crippen molar-refractivity contribution < 1.29 is 14.2 Å². The first-order valence-electron chi connectivity index (χ1n) is 11.3. The van der Waals surface area contributed by atoms with E-state index < -0.39 is 0 Å². The fraction of sp³-hybridized carbons (Fsp3) is 0.625. The van der Waals surface area contributed by atoms with E-state index in [2.05, 4.69) is 36.2 Å². The van der Waals surface area contributed by atoms with Gasteiger partial charge in [-0.3, -0.25) is 4.98 Å². The second-order valence-electron chi connectivity index (χ2n) is 8.63. The Bertz CT molecular complexity index is 886. The van der Waals surface area contributed by atoms with Gasteiger partial charge in [-0.15, -0.1) is 0 Å². The lowest BCUT2D eigenvalue weighted by Crippen LogP contribution is -2.25. The van der Waals surface area contributed by atoms with Crippen molar-refractivity contribution in [3.63, 3.8) is 0 Å². The third kappa shape index (κ3) is 4.35. The number of anilines is 1. The summed E-state index contributed by atoms with van der Waals surface area (Å²) >= 11 is 0. The number of methoxy groups -OCH3 is 2. The number of likely N-dealkylation sites (tertiary alicyclic amines) is 1. The Kier molecular flexibility index (Phi) is 6.64. The molecule has 1 saturated heterocycles. The number of nitrogens with one attached hydrogen (secondary N) is 1. The Labute approximate surface area is 179 Å². The van der Waals surface area contributed by atoms with Gasteiger partial charge in [-0.1, -0.05) is 6.92 Å². The summed E-state index contributed by atoms with van der Waals surface area (Å²) in [5.41, 5.74) is 4.79. The smallest absolute Gasteiger partial charge is 0.163 e. The fourth-order valence-electron chi connectivity index (χ4n) is 4.81.